The Morgan fingerprint density at radius 3 is 1.91 bits per heavy atom. The highest BCUT2D eigenvalue weighted by Crippen LogP contribution is 2.66. The maximum atomic E-state index is 7.38. The maximum absolute atomic E-state index is 7.38. The molecule has 2 atom stereocenters. The molecule has 4 nitrogen and oxygen atoms in total. The average Bonchev–Trinajstić information content (AvgIpc) is 3.56. The first-order chi connectivity index (χ1) is 28.2. The molecule has 2 unspecified atom stereocenters. The number of benzene rings is 7. The standard InChI is InChI=1S/C53H37N3O/c1-52-33-32-43-50(51(52)57-48-31-17-16-30-47(48)56(52)49-34-39(35-18-4-2-5-19-35)37-22-9-13-27-44(37)54-49)38-23-8-10-24-40(38)53(43)41-25-11-14-28-45(41)55(36-20-6-3-7-21-36)46-29-15-12-26-42(46)53/h2-34,51H,1H3. The van der Waals surface area contributed by atoms with Gasteiger partial charge in [-0.05, 0) is 94.4 Å². The molecule has 3 heterocycles. The van der Waals surface area contributed by atoms with Gasteiger partial charge in [-0.2, -0.15) is 0 Å². The van der Waals surface area contributed by atoms with Crippen LogP contribution in [0.1, 0.15) is 29.2 Å². The molecule has 0 bridgehead atoms. The first kappa shape index (κ1) is 32.1. The van der Waals surface area contributed by atoms with Crippen molar-refractivity contribution in [1.82, 2.24) is 4.98 Å². The summed E-state index contributed by atoms with van der Waals surface area (Å²) in [6.07, 6.45) is 4.46. The fourth-order valence-electron chi connectivity index (χ4n) is 10.3. The number of hydrogen-bond donors (Lipinski definition) is 0. The molecule has 0 saturated carbocycles. The third kappa shape index (κ3) is 4.30. The molecule has 12 rings (SSSR count). The van der Waals surface area contributed by atoms with Crippen LogP contribution in [0.2, 0.25) is 0 Å². The number of anilines is 5. The van der Waals surface area contributed by atoms with Gasteiger partial charge in [0.2, 0.25) is 0 Å². The van der Waals surface area contributed by atoms with Crippen molar-refractivity contribution in [2.45, 2.75) is 24.0 Å². The quantitative estimate of drug-likeness (QED) is 0.181. The van der Waals surface area contributed by atoms with Crippen LogP contribution in [0.4, 0.5) is 28.6 Å². The fraction of sp³-hybridized carbons (Fsp3) is 0.0755. The Bertz CT molecular complexity index is 2940. The normalized spacial score (nSPS) is 19.3. The van der Waals surface area contributed by atoms with E-state index in [2.05, 4.69) is 217 Å². The highest BCUT2D eigenvalue weighted by Gasteiger charge is 2.59. The summed E-state index contributed by atoms with van der Waals surface area (Å²) in [5.41, 5.74) is 14.1. The minimum atomic E-state index is -0.640. The highest BCUT2D eigenvalue weighted by molar-refractivity contribution is 6.00. The molecule has 0 fully saturated rings. The maximum Gasteiger partial charge on any atom is 0.152 e. The Hall–Kier alpha value is -7.17. The van der Waals surface area contributed by atoms with Gasteiger partial charge in [-0.1, -0.05) is 152 Å². The zero-order valence-electron chi connectivity index (χ0n) is 31.4. The number of hydrogen-bond acceptors (Lipinski definition) is 4. The second-order valence-corrected chi connectivity index (χ2v) is 15.6. The Morgan fingerprint density at radius 2 is 1.16 bits per heavy atom. The molecule has 57 heavy (non-hydrogen) atoms. The lowest BCUT2D eigenvalue weighted by Gasteiger charge is -2.52. The fourth-order valence-corrected chi connectivity index (χ4v) is 10.3. The summed E-state index contributed by atoms with van der Waals surface area (Å²) < 4.78 is 7.38. The van der Waals surface area contributed by atoms with E-state index in [1.165, 1.54) is 44.8 Å². The number of para-hydroxylation sites is 6. The van der Waals surface area contributed by atoms with Crippen LogP contribution in [-0.2, 0) is 5.41 Å². The molecule has 4 aliphatic rings. The number of ether oxygens (including phenoxy) is 1. The van der Waals surface area contributed by atoms with Crippen molar-refractivity contribution < 1.29 is 4.74 Å². The summed E-state index contributed by atoms with van der Waals surface area (Å²) in [7, 11) is 0. The zero-order valence-corrected chi connectivity index (χ0v) is 31.4. The molecule has 2 aliphatic carbocycles. The monoisotopic (exact) mass is 731 g/mol. The van der Waals surface area contributed by atoms with Crippen LogP contribution in [0.5, 0.6) is 5.75 Å². The molecule has 0 radical (unpaired) electrons. The number of rotatable bonds is 3. The molecule has 1 aromatic heterocycles. The molecule has 4 heteroatoms. The largest absolute Gasteiger partial charge is 0.481 e. The third-order valence-corrected chi connectivity index (χ3v) is 12.7. The first-order valence-electron chi connectivity index (χ1n) is 19.8. The molecule has 0 saturated heterocycles. The molecule has 0 N–H and O–H groups in total. The first-order valence-corrected chi connectivity index (χ1v) is 19.8. The van der Waals surface area contributed by atoms with Gasteiger partial charge in [0.25, 0.3) is 0 Å². The number of nitrogens with zero attached hydrogens (tertiary/aromatic N) is 3. The van der Waals surface area contributed by atoms with E-state index in [9.17, 15) is 0 Å². The van der Waals surface area contributed by atoms with E-state index in [4.69, 9.17) is 9.72 Å². The van der Waals surface area contributed by atoms with Crippen LogP contribution in [-0.4, -0.2) is 16.6 Å². The number of fused-ring (bicyclic) bond motifs is 12. The van der Waals surface area contributed by atoms with Crippen molar-refractivity contribution >= 4 is 45.0 Å². The van der Waals surface area contributed by atoms with Gasteiger partial charge in [0.05, 0.1) is 28.0 Å². The van der Waals surface area contributed by atoms with Crippen LogP contribution < -0.4 is 14.5 Å². The smallest absolute Gasteiger partial charge is 0.152 e. The topological polar surface area (TPSA) is 28.6 Å². The molecule has 1 spiro atoms. The summed E-state index contributed by atoms with van der Waals surface area (Å²) in [4.78, 5) is 10.3. The lowest BCUT2D eigenvalue weighted by atomic mass is 9.62. The summed E-state index contributed by atoms with van der Waals surface area (Å²) in [6, 6.07) is 67.6. The van der Waals surface area contributed by atoms with E-state index in [0.717, 1.165) is 45.0 Å². The number of pyridine rings is 1. The SMILES string of the molecule is CC12C=CC3=C(c4ccccc4C34c3ccccc3N(c3ccccc3)c3ccccc34)C1Oc1ccccc1N2c1cc(-c2ccccc2)c2ccccc2n1. The van der Waals surface area contributed by atoms with Crippen LogP contribution in [0, 0.1) is 0 Å². The van der Waals surface area contributed by atoms with E-state index < -0.39 is 11.0 Å². The van der Waals surface area contributed by atoms with E-state index in [1.54, 1.807) is 0 Å². The molecular weight excluding hydrogens is 695 g/mol. The predicted molar refractivity (Wildman–Crippen MR) is 232 cm³/mol. The van der Waals surface area contributed by atoms with Gasteiger partial charge >= 0.3 is 0 Å². The van der Waals surface area contributed by atoms with Gasteiger partial charge in [0.15, 0.2) is 6.10 Å². The Labute approximate surface area is 332 Å². The van der Waals surface area contributed by atoms with Crippen LogP contribution in [0.3, 0.4) is 0 Å². The Kier molecular flexibility index (Phi) is 6.71. The lowest BCUT2D eigenvalue weighted by molar-refractivity contribution is 0.178. The molecule has 2 aliphatic heterocycles. The van der Waals surface area contributed by atoms with Crippen LogP contribution >= 0.6 is 0 Å². The Balaban J connectivity index is 1.12. The second kappa shape index (κ2) is 11.9. The summed E-state index contributed by atoms with van der Waals surface area (Å²) in [6.45, 7) is 2.32. The summed E-state index contributed by atoms with van der Waals surface area (Å²) in [5, 5.41) is 1.13. The minimum absolute atomic E-state index is 0.354. The molecule has 0 amide bonds. The van der Waals surface area contributed by atoms with Gasteiger partial charge < -0.3 is 14.5 Å². The van der Waals surface area contributed by atoms with Gasteiger partial charge in [-0.3, -0.25) is 0 Å². The van der Waals surface area contributed by atoms with Crippen molar-refractivity contribution in [3.05, 3.63) is 228 Å². The molecule has 270 valence electrons. The molecule has 8 aromatic rings. The third-order valence-electron chi connectivity index (χ3n) is 12.7. The minimum Gasteiger partial charge on any atom is -0.481 e. The Morgan fingerprint density at radius 1 is 0.561 bits per heavy atom. The number of aromatic nitrogens is 1. The highest BCUT2D eigenvalue weighted by atomic mass is 16.5. The second-order valence-electron chi connectivity index (χ2n) is 15.6. The summed E-state index contributed by atoms with van der Waals surface area (Å²) >= 11 is 0. The van der Waals surface area contributed by atoms with Crippen molar-refractivity contribution in [1.29, 1.82) is 0 Å². The van der Waals surface area contributed by atoms with E-state index >= 15 is 0 Å². The van der Waals surface area contributed by atoms with Crippen molar-refractivity contribution in [2.24, 2.45) is 0 Å². The van der Waals surface area contributed by atoms with Crippen molar-refractivity contribution in [2.75, 3.05) is 9.80 Å². The lowest BCUT2D eigenvalue weighted by Crippen LogP contribution is -2.58. The van der Waals surface area contributed by atoms with E-state index in [1.807, 2.05) is 0 Å². The molecular formula is C53H37N3O. The summed E-state index contributed by atoms with van der Waals surface area (Å²) in [5.74, 6) is 1.73. The van der Waals surface area contributed by atoms with Crippen molar-refractivity contribution in [3.8, 4) is 16.9 Å². The zero-order chi connectivity index (χ0) is 37.7. The van der Waals surface area contributed by atoms with Crippen molar-refractivity contribution in [3.63, 3.8) is 0 Å². The van der Waals surface area contributed by atoms with Crippen LogP contribution in [0.25, 0.3) is 27.6 Å². The number of allylic oxidation sites excluding steroid dienone is 2. The van der Waals surface area contributed by atoms with E-state index in [-0.39, 0.29) is 6.10 Å². The average molecular weight is 732 g/mol. The van der Waals surface area contributed by atoms with Gasteiger partial charge in [-0.25, -0.2) is 4.98 Å². The predicted octanol–water partition coefficient (Wildman–Crippen LogP) is 12.7. The van der Waals surface area contributed by atoms with Gasteiger partial charge in [-0.15, -0.1) is 0 Å². The van der Waals surface area contributed by atoms with E-state index in [0.29, 0.717) is 0 Å². The van der Waals surface area contributed by atoms with Crippen LogP contribution in [0.15, 0.2) is 206 Å². The van der Waals surface area contributed by atoms with Gasteiger partial charge in [0, 0.05) is 16.6 Å². The van der Waals surface area contributed by atoms with Gasteiger partial charge in [0.1, 0.15) is 17.1 Å². The molecule has 7 aromatic carbocycles.